The zero-order valence-electron chi connectivity index (χ0n) is 12.1. The first-order chi connectivity index (χ1) is 8.50. The zero-order valence-corrected chi connectivity index (χ0v) is 12.9. The van der Waals surface area contributed by atoms with E-state index in [1.54, 1.807) is 0 Å². The molecule has 102 valence electrons. The van der Waals surface area contributed by atoms with E-state index in [-0.39, 0.29) is 0 Å². The largest absolute Gasteiger partial charge is 0.316 e. The number of aryl methyl sites for hydroxylation is 1. The molecule has 1 atom stereocenters. The molecule has 0 radical (unpaired) electrons. The summed E-state index contributed by atoms with van der Waals surface area (Å²) in [5.74, 6) is 0. The first-order valence-corrected chi connectivity index (χ1v) is 7.34. The molecule has 0 saturated carbocycles. The van der Waals surface area contributed by atoms with Gasteiger partial charge >= 0.3 is 0 Å². The summed E-state index contributed by atoms with van der Waals surface area (Å²) in [4.78, 5) is 0. The summed E-state index contributed by atoms with van der Waals surface area (Å²) in [5, 5.41) is 4.39. The second-order valence-electron chi connectivity index (χ2n) is 5.61. The van der Waals surface area contributed by atoms with Gasteiger partial charge in [0, 0.05) is 11.6 Å². The SMILES string of the molecule is CCCC(C)(CNCC)Cc1ccc(C)cc1Cl. The molecular weight excluding hydrogens is 242 g/mol. The monoisotopic (exact) mass is 267 g/mol. The number of halogens is 1. The smallest absolute Gasteiger partial charge is 0.0440 e. The van der Waals surface area contributed by atoms with Gasteiger partial charge in [-0.25, -0.2) is 0 Å². The normalized spacial score (nSPS) is 14.5. The highest BCUT2D eigenvalue weighted by atomic mass is 35.5. The summed E-state index contributed by atoms with van der Waals surface area (Å²) in [5.41, 5.74) is 2.80. The fraction of sp³-hybridized carbons (Fsp3) is 0.625. The molecule has 0 aliphatic rings. The second-order valence-corrected chi connectivity index (χ2v) is 6.02. The first kappa shape index (κ1) is 15.5. The van der Waals surface area contributed by atoms with Crippen molar-refractivity contribution >= 4 is 11.6 Å². The molecule has 18 heavy (non-hydrogen) atoms. The number of benzene rings is 1. The molecule has 0 spiro atoms. The van der Waals surface area contributed by atoms with Crippen molar-refractivity contribution in [1.29, 1.82) is 0 Å². The van der Waals surface area contributed by atoms with Gasteiger partial charge in [0.15, 0.2) is 0 Å². The highest BCUT2D eigenvalue weighted by Gasteiger charge is 2.24. The van der Waals surface area contributed by atoms with Gasteiger partial charge in [-0.2, -0.15) is 0 Å². The molecule has 0 bridgehead atoms. The van der Waals surface area contributed by atoms with Gasteiger partial charge in [-0.05, 0) is 48.9 Å². The maximum atomic E-state index is 6.35. The van der Waals surface area contributed by atoms with Crippen LogP contribution in [0.25, 0.3) is 0 Å². The van der Waals surface area contributed by atoms with Crippen molar-refractivity contribution < 1.29 is 0 Å². The van der Waals surface area contributed by atoms with E-state index in [0.29, 0.717) is 5.41 Å². The molecule has 1 aromatic rings. The molecule has 0 aliphatic carbocycles. The predicted octanol–water partition coefficient (Wildman–Crippen LogP) is 4.61. The van der Waals surface area contributed by atoms with Crippen molar-refractivity contribution in [2.75, 3.05) is 13.1 Å². The van der Waals surface area contributed by atoms with Crippen LogP contribution in [-0.2, 0) is 6.42 Å². The van der Waals surface area contributed by atoms with Crippen LogP contribution in [0.2, 0.25) is 5.02 Å². The van der Waals surface area contributed by atoms with Crippen molar-refractivity contribution in [3.8, 4) is 0 Å². The maximum absolute atomic E-state index is 6.35. The van der Waals surface area contributed by atoms with Crippen LogP contribution < -0.4 is 5.32 Å². The minimum atomic E-state index is 0.295. The van der Waals surface area contributed by atoms with Gasteiger partial charge in [-0.3, -0.25) is 0 Å². The Labute approximate surface area is 117 Å². The Bertz CT molecular complexity index is 375. The Balaban J connectivity index is 2.81. The summed E-state index contributed by atoms with van der Waals surface area (Å²) >= 11 is 6.35. The van der Waals surface area contributed by atoms with E-state index in [0.717, 1.165) is 24.5 Å². The summed E-state index contributed by atoms with van der Waals surface area (Å²) < 4.78 is 0. The number of rotatable bonds is 7. The summed E-state index contributed by atoms with van der Waals surface area (Å²) in [7, 11) is 0. The minimum absolute atomic E-state index is 0.295. The Morgan fingerprint density at radius 2 is 2.00 bits per heavy atom. The van der Waals surface area contributed by atoms with Crippen LogP contribution in [-0.4, -0.2) is 13.1 Å². The van der Waals surface area contributed by atoms with Gasteiger partial charge < -0.3 is 5.32 Å². The highest BCUT2D eigenvalue weighted by molar-refractivity contribution is 6.31. The molecule has 1 nitrogen and oxygen atoms in total. The molecule has 0 saturated heterocycles. The number of nitrogens with one attached hydrogen (secondary N) is 1. The zero-order chi connectivity index (χ0) is 13.6. The van der Waals surface area contributed by atoms with Crippen molar-refractivity contribution in [3.05, 3.63) is 34.3 Å². The fourth-order valence-corrected chi connectivity index (χ4v) is 2.83. The quantitative estimate of drug-likeness (QED) is 0.761. The molecule has 0 aromatic heterocycles. The van der Waals surface area contributed by atoms with Gasteiger partial charge in [0.1, 0.15) is 0 Å². The van der Waals surface area contributed by atoms with Crippen LogP contribution in [0.3, 0.4) is 0 Å². The predicted molar refractivity (Wildman–Crippen MR) is 81.5 cm³/mol. The van der Waals surface area contributed by atoms with E-state index >= 15 is 0 Å². The van der Waals surface area contributed by atoms with Gasteiger partial charge in [0.25, 0.3) is 0 Å². The van der Waals surface area contributed by atoms with Crippen molar-refractivity contribution in [2.45, 2.75) is 47.0 Å². The lowest BCUT2D eigenvalue weighted by Gasteiger charge is -2.30. The van der Waals surface area contributed by atoms with Crippen LogP contribution in [0.4, 0.5) is 0 Å². The minimum Gasteiger partial charge on any atom is -0.316 e. The highest BCUT2D eigenvalue weighted by Crippen LogP contribution is 2.31. The van der Waals surface area contributed by atoms with Crippen LogP contribution in [0.1, 0.15) is 44.7 Å². The lowest BCUT2D eigenvalue weighted by molar-refractivity contribution is 0.277. The van der Waals surface area contributed by atoms with Gasteiger partial charge in [-0.1, -0.05) is 50.9 Å². The van der Waals surface area contributed by atoms with E-state index in [1.807, 2.05) is 0 Å². The Morgan fingerprint density at radius 1 is 1.28 bits per heavy atom. The molecule has 1 rings (SSSR count). The molecule has 0 aliphatic heterocycles. The Morgan fingerprint density at radius 3 is 2.56 bits per heavy atom. The lowest BCUT2D eigenvalue weighted by atomic mass is 9.79. The fourth-order valence-electron chi connectivity index (χ4n) is 2.53. The third kappa shape index (κ3) is 4.62. The topological polar surface area (TPSA) is 12.0 Å². The third-order valence-electron chi connectivity index (χ3n) is 3.48. The summed E-state index contributed by atoms with van der Waals surface area (Å²) in [6.07, 6.45) is 3.49. The first-order valence-electron chi connectivity index (χ1n) is 6.96. The molecule has 1 aromatic carbocycles. The molecule has 1 unspecified atom stereocenters. The Kier molecular flexibility index (Phi) is 6.17. The Hall–Kier alpha value is -0.530. The van der Waals surface area contributed by atoms with Gasteiger partial charge in [-0.15, -0.1) is 0 Å². The van der Waals surface area contributed by atoms with Gasteiger partial charge in [0.2, 0.25) is 0 Å². The summed E-state index contributed by atoms with van der Waals surface area (Å²) in [6, 6.07) is 6.40. The van der Waals surface area contributed by atoms with Crippen LogP contribution in [0.15, 0.2) is 18.2 Å². The van der Waals surface area contributed by atoms with Crippen molar-refractivity contribution in [2.24, 2.45) is 5.41 Å². The molecule has 0 heterocycles. The van der Waals surface area contributed by atoms with E-state index in [4.69, 9.17) is 11.6 Å². The third-order valence-corrected chi connectivity index (χ3v) is 3.83. The average molecular weight is 268 g/mol. The second kappa shape index (κ2) is 7.16. The lowest BCUT2D eigenvalue weighted by Crippen LogP contribution is -2.33. The number of hydrogen-bond donors (Lipinski definition) is 1. The van der Waals surface area contributed by atoms with E-state index in [9.17, 15) is 0 Å². The van der Waals surface area contributed by atoms with Crippen LogP contribution in [0.5, 0.6) is 0 Å². The maximum Gasteiger partial charge on any atom is 0.0440 e. The van der Waals surface area contributed by atoms with E-state index < -0.39 is 0 Å². The number of hydrogen-bond acceptors (Lipinski definition) is 1. The van der Waals surface area contributed by atoms with Crippen molar-refractivity contribution in [1.82, 2.24) is 5.32 Å². The van der Waals surface area contributed by atoms with Crippen LogP contribution in [0, 0.1) is 12.3 Å². The molecule has 0 fully saturated rings. The van der Waals surface area contributed by atoms with Gasteiger partial charge in [0.05, 0.1) is 0 Å². The van der Waals surface area contributed by atoms with Crippen molar-refractivity contribution in [3.63, 3.8) is 0 Å². The van der Waals surface area contributed by atoms with E-state index in [2.05, 4.69) is 51.2 Å². The van der Waals surface area contributed by atoms with E-state index in [1.165, 1.54) is 24.0 Å². The molecule has 0 amide bonds. The molecule has 2 heteroatoms. The molecular formula is C16H26ClN. The van der Waals surface area contributed by atoms with Crippen LogP contribution >= 0.6 is 11.6 Å². The standard InChI is InChI=1S/C16H26ClN/c1-5-9-16(4,12-18-6-2)11-14-8-7-13(3)10-15(14)17/h7-8,10,18H,5-6,9,11-12H2,1-4H3. The average Bonchev–Trinajstić information content (AvgIpc) is 2.31. The molecule has 1 N–H and O–H groups in total. The summed E-state index contributed by atoms with van der Waals surface area (Å²) in [6.45, 7) is 10.9.